The molecule has 2 aromatic rings. The Morgan fingerprint density at radius 2 is 1.88 bits per heavy atom. The highest BCUT2D eigenvalue weighted by molar-refractivity contribution is 6.30. The van der Waals surface area contributed by atoms with E-state index in [1.807, 2.05) is 36.1 Å². The molecule has 0 aliphatic carbocycles. The Morgan fingerprint density at radius 3 is 2.56 bits per heavy atom. The Kier molecular flexibility index (Phi) is 5.61. The molecule has 1 heterocycles. The van der Waals surface area contributed by atoms with Gasteiger partial charge < -0.3 is 15.0 Å². The molecule has 25 heavy (non-hydrogen) atoms. The van der Waals surface area contributed by atoms with Crippen LogP contribution < -0.4 is 15.0 Å². The molecule has 1 fully saturated rings. The lowest BCUT2D eigenvalue weighted by Crippen LogP contribution is -2.70. The summed E-state index contributed by atoms with van der Waals surface area (Å²) in [5.41, 5.74) is 2.04. The maximum atomic E-state index is 12.8. The van der Waals surface area contributed by atoms with Crippen LogP contribution in [0.15, 0.2) is 48.5 Å². The van der Waals surface area contributed by atoms with Crippen molar-refractivity contribution in [1.29, 1.82) is 0 Å². The summed E-state index contributed by atoms with van der Waals surface area (Å²) in [5.74, 6) is 0.653. The number of ether oxygens (including phenoxy) is 1. The molecule has 0 bridgehead atoms. The monoisotopic (exact) mass is 358 g/mol. The fraction of sp³-hybridized carbons (Fsp3) is 0.350. The molecule has 0 spiro atoms. The fourth-order valence-corrected chi connectivity index (χ4v) is 3.19. The minimum absolute atomic E-state index is 0.00690. The molecule has 3 rings (SSSR count). The van der Waals surface area contributed by atoms with Crippen LogP contribution in [0, 0.1) is 6.92 Å². The van der Waals surface area contributed by atoms with Crippen molar-refractivity contribution in [2.24, 2.45) is 0 Å². The van der Waals surface area contributed by atoms with E-state index in [1.54, 1.807) is 24.3 Å². The summed E-state index contributed by atoms with van der Waals surface area (Å²) in [5, 5.41) is 4.05. The van der Waals surface area contributed by atoms with Crippen molar-refractivity contribution >= 4 is 23.2 Å². The number of para-hydroxylation sites is 1. The molecule has 4 nitrogen and oxygen atoms in total. The molecule has 0 unspecified atom stereocenters. The number of hydrogen-bond donors (Lipinski definition) is 1. The SMILES string of the molecule is CCCNC[C@H]1[C@H](Oc2ccc(Cl)cc2)C(=O)N1c1ccccc1C. The molecule has 1 saturated heterocycles. The first kappa shape index (κ1) is 17.8. The average molecular weight is 359 g/mol. The molecule has 1 aliphatic heterocycles. The van der Waals surface area contributed by atoms with Crippen LogP contribution in [0.4, 0.5) is 5.69 Å². The van der Waals surface area contributed by atoms with Crippen molar-refractivity contribution in [3.63, 3.8) is 0 Å². The zero-order chi connectivity index (χ0) is 17.8. The lowest BCUT2D eigenvalue weighted by molar-refractivity contribution is -0.134. The summed E-state index contributed by atoms with van der Waals surface area (Å²) in [6, 6.07) is 15.0. The maximum absolute atomic E-state index is 12.8. The molecule has 1 N–H and O–H groups in total. The molecule has 0 radical (unpaired) electrons. The van der Waals surface area contributed by atoms with Crippen molar-refractivity contribution in [1.82, 2.24) is 5.32 Å². The first-order valence-electron chi connectivity index (χ1n) is 8.63. The number of anilines is 1. The molecule has 0 saturated carbocycles. The number of carbonyl (C=O) groups is 1. The van der Waals surface area contributed by atoms with E-state index in [0.29, 0.717) is 17.3 Å². The maximum Gasteiger partial charge on any atom is 0.270 e. The van der Waals surface area contributed by atoms with Crippen molar-refractivity contribution in [2.45, 2.75) is 32.4 Å². The molecule has 0 aromatic heterocycles. The van der Waals surface area contributed by atoms with Gasteiger partial charge in [-0.25, -0.2) is 0 Å². The summed E-state index contributed by atoms with van der Waals surface area (Å²) < 4.78 is 5.96. The van der Waals surface area contributed by atoms with Gasteiger partial charge in [-0.2, -0.15) is 0 Å². The fourth-order valence-electron chi connectivity index (χ4n) is 3.06. The third-order valence-corrected chi connectivity index (χ3v) is 4.65. The largest absolute Gasteiger partial charge is 0.478 e. The van der Waals surface area contributed by atoms with E-state index in [0.717, 1.165) is 24.2 Å². The number of hydrogen-bond acceptors (Lipinski definition) is 3. The number of nitrogens with one attached hydrogen (secondary N) is 1. The Balaban J connectivity index is 1.79. The molecule has 1 aliphatic rings. The Hall–Kier alpha value is -2.04. The lowest BCUT2D eigenvalue weighted by Gasteiger charge is -2.47. The highest BCUT2D eigenvalue weighted by Gasteiger charge is 2.50. The van der Waals surface area contributed by atoms with Gasteiger partial charge in [-0.05, 0) is 55.8 Å². The molecular weight excluding hydrogens is 336 g/mol. The van der Waals surface area contributed by atoms with E-state index in [4.69, 9.17) is 16.3 Å². The molecule has 2 atom stereocenters. The number of aryl methyl sites for hydroxylation is 1. The Morgan fingerprint density at radius 1 is 1.16 bits per heavy atom. The number of carbonyl (C=O) groups excluding carboxylic acids is 1. The van der Waals surface area contributed by atoms with Crippen molar-refractivity contribution in [2.75, 3.05) is 18.0 Å². The van der Waals surface area contributed by atoms with E-state index in [2.05, 4.69) is 12.2 Å². The summed E-state index contributed by atoms with van der Waals surface area (Å²) in [7, 11) is 0. The smallest absolute Gasteiger partial charge is 0.270 e. The second-order valence-corrected chi connectivity index (χ2v) is 6.70. The van der Waals surface area contributed by atoms with Crippen LogP contribution in [0.25, 0.3) is 0 Å². The van der Waals surface area contributed by atoms with Crippen LogP contribution in [-0.4, -0.2) is 31.1 Å². The summed E-state index contributed by atoms with van der Waals surface area (Å²) >= 11 is 5.92. The molecule has 5 heteroatoms. The van der Waals surface area contributed by atoms with E-state index in [-0.39, 0.29) is 11.9 Å². The van der Waals surface area contributed by atoms with Crippen molar-refractivity contribution < 1.29 is 9.53 Å². The van der Waals surface area contributed by atoms with E-state index in [1.165, 1.54) is 0 Å². The number of β-lactam (4-membered cyclic amide) rings is 1. The van der Waals surface area contributed by atoms with Gasteiger partial charge in [-0.15, -0.1) is 0 Å². The average Bonchev–Trinajstić information content (AvgIpc) is 2.62. The second-order valence-electron chi connectivity index (χ2n) is 6.26. The minimum atomic E-state index is -0.481. The van der Waals surface area contributed by atoms with Gasteiger partial charge in [0, 0.05) is 17.3 Å². The Bertz CT molecular complexity index is 733. The normalized spacial score (nSPS) is 19.6. The highest BCUT2D eigenvalue weighted by atomic mass is 35.5. The molecular formula is C20H23ClN2O2. The standard InChI is InChI=1S/C20H23ClN2O2/c1-3-12-22-13-18-19(25-16-10-8-15(21)9-11-16)20(24)23(18)17-7-5-4-6-14(17)2/h4-11,18-19,22H,3,12-13H2,1-2H3/t18-,19-/m0/s1. The second kappa shape index (κ2) is 7.89. The zero-order valence-corrected chi connectivity index (χ0v) is 15.3. The van der Waals surface area contributed by atoms with Gasteiger partial charge in [-0.3, -0.25) is 4.79 Å². The van der Waals surface area contributed by atoms with Gasteiger partial charge in [0.2, 0.25) is 0 Å². The van der Waals surface area contributed by atoms with Crippen LogP contribution in [0.5, 0.6) is 5.75 Å². The van der Waals surface area contributed by atoms with Crippen LogP contribution in [-0.2, 0) is 4.79 Å². The quantitative estimate of drug-likeness (QED) is 0.604. The molecule has 2 aromatic carbocycles. The molecule has 1 amide bonds. The van der Waals surface area contributed by atoms with Crippen LogP contribution in [0.1, 0.15) is 18.9 Å². The van der Waals surface area contributed by atoms with Gasteiger partial charge in [0.25, 0.3) is 5.91 Å². The lowest BCUT2D eigenvalue weighted by atomic mass is 9.95. The number of amides is 1. The summed E-state index contributed by atoms with van der Waals surface area (Å²) in [4.78, 5) is 14.6. The van der Waals surface area contributed by atoms with E-state index in [9.17, 15) is 4.79 Å². The van der Waals surface area contributed by atoms with Gasteiger partial charge in [-0.1, -0.05) is 36.7 Å². The van der Waals surface area contributed by atoms with Crippen molar-refractivity contribution in [3.05, 3.63) is 59.1 Å². The number of rotatable bonds is 7. The van der Waals surface area contributed by atoms with Gasteiger partial charge in [0.15, 0.2) is 6.10 Å². The van der Waals surface area contributed by atoms with Crippen LogP contribution in [0.3, 0.4) is 0 Å². The van der Waals surface area contributed by atoms with Gasteiger partial charge >= 0.3 is 0 Å². The Labute approximate surface area is 153 Å². The van der Waals surface area contributed by atoms with E-state index < -0.39 is 6.10 Å². The van der Waals surface area contributed by atoms with E-state index >= 15 is 0 Å². The highest BCUT2D eigenvalue weighted by Crippen LogP contribution is 2.33. The third-order valence-electron chi connectivity index (χ3n) is 4.39. The predicted molar refractivity (Wildman–Crippen MR) is 101 cm³/mol. The van der Waals surface area contributed by atoms with Crippen LogP contribution >= 0.6 is 11.6 Å². The number of nitrogens with zero attached hydrogens (tertiary/aromatic N) is 1. The van der Waals surface area contributed by atoms with Crippen LogP contribution in [0.2, 0.25) is 5.02 Å². The summed E-state index contributed by atoms with van der Waals surface area (Å²) in [6.45, 7) is 5.76. The number of benzene rings is 2. The zero-order valence-electron chi connectivity index (χ0n) is 14.5. The number of halogens is 1. The first-order chi connectivity index (χ1) is 12.1. The predicted octanol–water partition coefficient (Wildman–Crippen LogP) is 3.81. The topological polar surface area (TPSA) is 41.6 Å². The minimum Gasteiger partial charge on any atom is -0.478 e. The first-order valence-corrected chi connectivity index (χ1v) is 9.01. The summed E-state index contributed by atoms with van der Waals surface area (Å²) in [6.07, 6.45) is 0.568. The van der Waals surface area contributed by atoms with Crippen molar-refractivity contribution in [3.8, 4) is 5.75 Å². The molecule has 132 valence electrons. The van der Waals surface area contributed by atoms with Gasteiger partial charge in [0.05, 0.1) is 6.04 Å². The van der Waals surface area contributed by atoms with Gasteiger partial charge in [0.1, 0.15) is 5.75 Å². The third kappa shape index (κ3) is 3.80.